The SMILES string of the molecule is CCOC(=O)NNC(=O)Cc1csc(-c2cccc(C(F)(F)F)c2)n1. The predicted octanol–water partition coefficient (Wildman–Crippen LogP) is 3.15. The second-order valence-corrected chi connectivity index (χ2v) is 5.65. The van der Waals surface area contributed by atoms with Crippen LogP contribution in [0.4, 0.5) is 18.0 Å². The van der Waals surface area contributed by atoms with Crippen molar-refractivity contribution in [3.63, 3.8) is 0 Å². The van der Waals surface area contributed by atoms with Gasteiger partial charge in [-0.3, -0.25) is 10.2 Å². The van der Waals surface area contributed by atoms with Crippen molar-refractivity contribution in [2.24, 2.45) is 0 Å². The number of ether oxygens (including phenoxy) is 1. The Kier molecular flexibility index (Phi) is 5.97. The van der Waals surface area contributed by atoms with Crippen LogP contribution in [0.3, 0.4) is 0 Å². The van der Waals surface area contributed by atoms with Crippen molar-refractivity contribution in [1.29, 1.82) is 0 Å². The molecule has 0 aliphatic carbocycles. The molecular formula is C15H14F3N3O3S. The summed E-state index contributed by atoms with van der Waals surface area (Å²) >= 11 is 1.13. The summed E-state index contributed by atoms with van der Waals surface area (Å²) in [6.45, 7) is 1.78. The van der Waals surface area contributed by atoms with E-state index in [2.05, 4.69) is 20.6 Å². The van der Waals surface area contributed by atoms with Crippen LogP contribution in [0.2, 0.25) is 0 Å². The Labute approximate surface area is 145 Å². The summed E-state index contributed by atoms with van der Waals surface area (Å²) in [5.74, 6) is -0.533. The van der Waals surface area contributed by atoms with Gasteiger partial charge < -0.3 is 4.74 Å². The predicted molar refractivity (Wildman–Crippen MR) is 84.6 cm³/mol. The molecule has 2 N–H and O–H groups in total. The van der Waals surface area contributed by atoms with Gasteiger partial charge in [0.25, 0.3) is 0 Å². The average molecular weight is 373 g/mol. The van der Waals surface area contributed by atoms with Crippen molar-refractivity contribution in [2.45, 2.75) is 19.5 Å². The van der Waals surface area contributed by atoms with E-state index in [1.54, 1.807) is 12.3 Å². The van der Waals surface area contributed by atoms with Gasteiger partial charge in [-0.15, -0.1) is 11.3 Å². The molecule has 0 bridgehead atoms. The third kappa shape index (κ3) is 5.45. The zero-order chi connectivity index (χ0) is 18.4. The van der Waals surface area contributed by atoms with Gasteiger partial charge in [-0.1, -0.05) is 12.1 Å². The molecule has 0 saturated carbocycles. The van der Waals surface area contributed by atoms with E-state index in [0.29, 0.717) is 16.3 Å². The number of rotatable bonds is 4. The summed E-state index contributed by atoms with van der Waals surface area (Å²) in [6.07, 6.45) is -5.37. The van der Waals surface area contributed by atoms with E-state index in [1.165, 1.54) is 12.1 Å². The maximum absolute atomic E-state index is 12.8. The highest BCUT2D eigenvalue weighted by Gasteiger charge is 2.30. The van der Waals surface area contributed by atoms with E-state index in [0.717, 1.165) is 23.5 Å². The van der Waals surface area contributed by atoms with Crippen molar-refractivity contribution in [1.82, 2.24) is 15.8 Å². The molecule has 0 radical (unpaired) electrons. The number of thiazole rings is 1. The molecule has 2 rings (SSSR count). The van der Waals surface area contributed by atoms with Gasteiger partial charge >= 0.3 is 12.3 Å². The second kappa shape index (κ2) is 7.97. The molecule has 1 heterocycles. The summed E-state index contributed by atoms with van der Waals surface area (Å²) in [6, 6.07) is 4.80. The topological polar surface area (TPSA) is 80.3 Å². The third-order valence-corrected chi connectivity index (χ3v) is 3.85. The van der Waals surface area contributed by atoms with E-state index in [9.17, 15) is 22.8 Å². The maximum atomic E-state index is 12.8. The highest BCUT2D eigenvalue weighted by atomic mass is 32.1. The largest absolute Gasteiger partial charge is 0.449 e. The minimum atomic E-state index is -4.44. The first-order chi connectivity index (χ1) is 11.8. The molecule has 0 unspecified atom stereocenters. The molecule has 2 aromatic rings. The van der Waals surface area contributed by atoms with E-state index in [-0.39, 0.29) is 13.0 Å². The fourth-order valence-corrected chi connectivity index (χ4v) is 2.66. The summed E-state index contributed by atoms with van der Waals surface area (Å²) in [5.41, 5.74) is 4.13. The van der Waals surface area contributed by atoms with Crippen LogP contribution < -0.4 is 10.9 Å². The van der Waals surface area contributed by atoms with Gasteiger partial charge in [0.1, 0.15) is 5.01 Å². The number of hydrogen-bond donors (Lipinski definition) is 2. The van der Waals surface area contributed by atoms with Crippen molar-refractivity contribution in [3.05, 3.63) is 40.9 Å². The fourth-order valence-electron chi connectivity index (χ4n) is 1.85. The zero-order valence-corrected chi connectivity index (χ0v) is 13.8. The molecule has 25 heavy (non-hydrogen) atoms. The number of nitrogens with zero attached hydrogens (tertiary/aromatic N) is 1. The Balaban J connectivity index is 2.01. The number of halogens is 3. The number of aromatic nitrogens is 1. The van der Waals surface area contributed by atoms with Crippen molar-refractivity contribution >= 4 is 23.3 Å². The highest BCUT2D eigenvalue weighted by Crippen LogP contribution is 2.33. The number of alkyl halides is 3. The van der Waals surface area contributed by atoms with Gasteiger partial charge in [0.2, 0.25) is 5.91 Å². The van der Waals surface area contributed by atoms with Gasteiger partial charge in [-0.05, 0) is 19.1 Å². The lowest BCUT2D eigenvalue weighted by atomic mass is 10.1. The highest BCUT2D eigenvalue weighted by molar-refractivity contribution is 7.13. The Morgan fingerprint density at radius 1 is 1.28 bits per heavy atom. The van der Waals surface area contributed by atoms with Crippen LogP contribution in [0.1, 0.15) is 18.2 Å². The number of carbonyl (C=O) groups excluding carboxylic acids is 2. The number of benzene rings is 1. The molecule has 0 aliphatic rings. The number of amides is 2. The Morgan fingerprint density at radius 3 is 2.72 bits per heavy atom. The van der Waals surface area contributed by atoms with Crippen LogP contribution in [0.15, 0.2) is 29.6 Å². The van der Waals surface area contributed by atoms with Gasteiger partial charge in [-0.2, -0.15) is 13.2 Å². The van der Waals surface area contributed by atoms with Crippen LogP contribution in [0.5, 0.6) is 0 Å². The van der Waals surface area contributed by atoms with E-state index in [4.69, 9.17) is 0 Å². The fraction of sp³-hybridized carbons (Fsp3) is 0.267. The Hall–Kier alpha value is -2.62. The molecule has 134 valence electrons. The van der Waals surface area contributed by atoms with Crippen molar-refractivity contribution in [2.75, 3.05) is 6.61 Å². The van der Waals surface area contributed by atoms with Crippen molar-refractivity contribution in [3.8, 4) is 10.6 Å². The molecule has 0 atom stereocenters. The van der Waals surface area contributed by atoms with Crippen LogP contribution in [0, 0.1) is 0 Å². The third-order valence-electron chi connectivity index (χ3n) is 2.91. The molecule has 0 spiro atoms. The minimum Gasteiger partial charge on any atom is -0.449 e. The Morgan fingerprint density at radius 2 is 2.04 bits per heavy atom. The lowest BCUT2D eigenvalue weighted by molar-refractivity contribution is -0.137. The van der Waals surface area contributed by atoms with Crippen molar-refractivity contribution < 1.29 is 27.5 Å². The number of carbonyl (C=O) groups is 2. The average Bonchev–Trinajstić information content (AvgIpc) is 3.01. The summed E-state index contributed by atoms with van der Waals surface area (Å²) < 4.78 is 42.8. The first kappa shape index (κ1) is 18.7. The number of nitrogens with one attached hydrogen (secondary N) is 2. The standard InChI is InChI=1S/C15H14F3N3O3S/c1-2-24-14(23)21-20-12(22)7-11-8-25-13(19-11)9-4-3-5-10(6-9)15(16,17)18/h3-6,8H,2,7H2,1H3,(H,20,22)(H,21,23). The van der Waals surface area contributed by atoms with Crippen LogP contribution in [-0.2, 0) is 22.1 Å². The number of hydrogen-bond acceptors (Lipinski definition) is 5. The lowest BCUT2D eigenvalue weighted by Gasteiger charge is -2.07. The molecule has 0 saturated heterocycles. The normalized spacial score (nSPS) is 11.0. The number of hydrazine groups is 1. The van der Waals surface area contributed by atoms with Crippen LogP contribution in [0.25, 0.3) is 10.6 Å². The quantitative estimate of drug-likeness (QED) is 0.807. The molecule has 1 aromatic heterocycles. The molecule has 0 fully saturated rings. The molecule has 0 aliphatic heterocycles. The first-order valence-electron chi connectivity index (χ1n) is 7.13. The van der Waals surface area contributed by atoms with E-state index < -0.39 is 23.7 Å². The van der Waals surface area contributed by atoms with E-state index >= 15 is 0 Å². The molecule has 1 aromatic carbocycles. The zero-order valence-electron chi connectivity index (χ0n) is 13.0. The van der Waals surface area contributed by atoms with Gasteiger partial charge in [0.05, 0.1) is 24.3 Å². The van der Waals surface area contributed by atoms with E-state index in [1.807, 2.05) is 0 Å². The summed E-state index contributed by atoms with van der Waals surface area (Å²) in [5, 5.41) is 1.94. The minimum absolute atomic E-state index is 0.137. The summed E-state index contributed by atoms with van der Waals surface area (Å²) in [4.78, 5) is 26.9. The summed E-state index contributed by atoms with van der Waals surface area (Å²) in [7, 11) is 0. The molecular weight excluding hydrogens is 359 g/mol. The van der Waals surface area contributed by atoms with Crippen LogP contribution >= 0.6 is 11.3 Å². The smallest absolute Gasteiger partial charge is 0.426 e. The van der Waals surface area contributed by atoms with Gasteiger partial charge in [0, 0.05) is 10.9 Å². The molecule has 6 nitrogen and oxygen atoms in total. The molecule has 10 heteroatoms. The first-order valence-corrected chi connectivity index (χ1v) is 8.01. The molecule has 2 amide bonds. The van der Waals surface area contributed by atoms with Crippen LogP contribution in [-0.4, -0.2) is 23.6 Å². The van der Waals surface area contributed by atoms with Gasteiger partial charge in [0.15, 0.2) is 0 Å². The second-order valence-electron chi connectivity index (χ2n) is 4.79. The van der Waals surface area contributed by atoms with Gasteiger partial charge in [-0.25, -0.2) is 15.2 Å². The monoisotopic (exact) mass is 373 g/mol. The lowest BCUT2D eigenvalue weighted by Crippen LogP contribution is -2.42. The maximum Gasteiger partial charge on any atom is 0.426 e. The Bertz CT molecular complexity index is 762.